The molecular formula is C26H24FN5O2S. The zero-order valence-electron chi connectivity index (χ0n) is 19.0. The van der Waals surface area contributed by atoms with Crippen molar-refractivity contribution < 1.29 is 14.0 Å². The van der Waals surface area contributed by atoms with Crippen molar-refractivity contribution in [2.75, 3.05) is 5.32 Å². The molecule has 35 heavy (non-hydrogen) atoms. The molecule has 0 unspecified atom stereocenters. The van der Waals surface area contributed by atoms with E-state index < -0.39 is 11.7 Å². The van der Waals surface area contributed by atoms with Crippen molar-refractivity contribution in [1.82, 2.24) is 20.1 Å². The third kappa shape index (κ3) is 5.14. The number of rotatable bonds is 6. The van der Waals surface area contributed by atoms with Crippen LogP contribution in [0.1, 0.15) is 50.7 Å². The summed E-state index contributed by atoms with van der Waals surface area (Å²) in [6.45, 7) is 1.18. The number of fused-ring (bicyclic) bond motifs is 1. The maximum Gasteiger partial charge on any atom is 0.261 e. The van der Waals surface area contributed by atoms with E-state index in [4.69, 9.17) is 0 Å². The van der Waals surface area contributed by atoms with Crippen LogP contribution in [0.5, 0.6) is 0 Å². The van der Waals surface area contributed by atoms with Crippen LogP contribution in [0.3, 0.4) is 0 Å². The van der Waals surface area contributed by atoms with Crippen LogP contribution in [0.2, 0.25) is 0 Å². The molecule has 0 radical (unpaired) electrons. The number of anilines is 1. The van der Waals surface area contributed by atoms with Gasteiger partial charge in [-0.2, -0.15) is 0 Å². The van der Waals surface area contributed by atoms with E-state index in [0.29, 0.717) is 28.4 Å². The minimum Gasteiger partial charge on any atom is -0.347 e. The van der Waals surface area contributed by atoms with E-state index in [1.807, 2.05) is 11.4 Å². The molecule has 7 nitrogen and oxygen atoms in total. The molecule has 2 amide bonds. The van der Waals surface area contributed by atoms with Crippen LogP contribution in [0, 0.1) is 5.82 Å². The molecule has 3 heterocycles. The summed E-state index contributed by atoms with van der Waals surface area (Å²) < 4.78 is 16.6. The van der Waals surface area contributed by atoms with Gasteiger partial charge in [0, 0.05) is 30.6 Å². The Kier molecular flexibility index (Phi) is 6.67. The molecule has 0 spiro atoms. The van der Waals surface area contributed by atoms with Gasteiger partial charge in [-0.25, -0.2) is 4.39 Å². The van der Waals surface area contributed by atoms with Crippen molar-refractivity contribution in [1.29, 1.82) is 0 Å². The number of aromatic nitrogens is 3. The van der Waals surface area contributed by atoms with E-state index in [1.165, 1.54) is 17.4 Å². The standard InChI is InChI=1S/C26H24FN5O2S/c27-20-12-11-19(24-31-30-23-6-2-1-3-13-32(23)24)15-21(20)29-25(33)18-9-7-17(8-10-18)16-28-26(34)22-5-4-14-35-22/h4-5,7-12,14-15H,1-3,6,13,16H2,(H,28,34)(H,29,33). The summed E-state index contributed by atoms with van der Waals surface area (Å²) in [5, 5.41) is 16.0. The van der Waals surface area contributed by atoms with Gasteiger partial charge in [-0.05, 0) is 60.2 Å². The Morgan fingerprint density at radius 2 is 1.86 bits per heavy atom. The van der Waals surface area contributed by atoms with Crippen LogP contribution in [0.15, 0.2) is 60.0 Å². The molecule has 0 bridgehead atoms. The highest BCUT2D eigenvalue weighted by molar-refractivity contribution is 7.12. The largest absolute Gasteiger partial charge is 0.347 e. The Morgan fingerprint density at radius 1 is 1.00 bits per heavy atom. The Balaban J connectivity index is 1.27. The second-order valence-corrected chi connectivity index (χ2v) is 9.36. The fourth-order valence-electron chi connectivity index (χ4n) is 4.10. The minimum absolute atomic E-state index is 0.0887. The third-order valence-corrected chi connectivity index (χ3v) is 6.87. The summed E-state index contributed by atoms with van der Waals surface area (Å²) in [6, 6.07) is 15.0. The SMILES string of the molecule is O=C(Nc1cc(-c2nnc3n2CCCCC3)ccc1F)c1ccc(CNC(=O)c2cccs2)cc1. The van der Waals surface area contributed by atoms with Gasteiger partial charge in [0.1, 0.15) is 11.6 Å². The molecule has 5 rings (SSSR count). The zero-order valence-corrected chi connectivity index (χ0v) is 19.8. The first-order valence-corrected chi connectivity index (χ1v) is 12.4. The summed E-state index contributed by atoms with van der Waals surface area (Å²) in [5.41, 5.74) is 2.04. The van der Waals surface area contributed by atoms with Gasteiger partial charge >= 0.3 is 0 Å². The quantitative estimate of drug-likeness (QED) is 0.397. The number of hydrogen-bond donors (Lipinski definition) is 2. The highest BCUT2D eigenvalue weighted by Gasteiger charge is 2.18. The number of amides is 2. The second kappa shape index (κ2) is 10.2. The maximum absolute atomic E-state index is 14.6. The van der Waals surface area contributed by atoms with Crippen LogP contribution in [0.4, 0.5) is 10.1 Å². The first kappa shape index (κ1) is 22.9. The lowest BCUT2D eigenvalue weighted by molar-refractivity contribution is 0.0953. The molecule has 9 heteroatoms. The van der Waals surface area contributed by atoms with Gasteiger partial charge in [0.2, 0.25) is 0 Å². The molecule has 0 fully saturated rings. The van der Waals surface area contributed by atoms with Gasteiger partial charge in [0.15, 0.2) is 5.82 Å². The van der Waals surface area contributed by atoms with Gasteiger partial charge in [-0.3, -0.25) is 9.59 Å². The van der Waals surface area contributed by atoms with Crippen LogP contribution < -0.4 is 10.6 Å². The topological polar surface area (TPSA) is 88.9 Å². The molecule has 0 aliphatic carbocycles. The molecule has 2 aromatic heterocycles. The average Bonchev–Trinajstić information content (AvgIpc) is 3.50. The van der Waals surface area contributed by atoms with E-state index in [1.54, 1.807) is 42.5 Å². The summed E-state index contributed by atoms with van der Waals surface area (Å²) in [5.74, 6) is 0.549. The van der Waals surface area contributed by atoms with Gasteiger partial charge in [-0.15, -0.1) is 21.5 Å². The Labute approximate surface area is 206 Å². The fraction of sp³-hybridized carbons (Fsp3) is 0.231. The van der Waals surface area contributed by atoms with Crippen molar-refractivity contribution in [2.24, 2.45) is 0 Å². The number of nitrogens with zero attached hydrogens (tertiary/aromatic N) is 3. The highest BCUT2D eigenvalue weighted by Crippen LogP contribution is 2.27. The number of aryl methyl sites for hydroxylation is 1. The number of thiophene rings is 1. The molecule has 0 atom stereocenters. The van der Waals surface area contributed by atoms with Crippen molar-refractivity contribution in [3.63, 3.8) is 0 Å². The van der Waals surface area contributed by atoms with Crippen molar-refractivity contribution in [3.05, 3.63) is 87.6 Å². The summed E-state index contributed by atoms with van der Waals surface area (Å²) in [6.07, 6.45) is 4.16. The zero-order chi connectivity index (χ0) is 24.2. The lowest BCUT2D eigenvalue weighted by atomic mass is 10.1. The summed E-state index contributed by atoms with van der Waals surface area (Å²) in [4.78, 5) is 25.5. The Morgan fingerprint density at radius 3 is 2.66 bits per heavy atom. The molecule has 1 aliphatic heterocycles. The molecule has 2 N–H and O–H groups in total. The number of carbonyl (C=O) groups is 2. The van der Waals surface area contributed by atoms with Gasteiger partial charge in [0.25, 0.3) is 11.8 Å². The average molecular weight is 490 g/mol. The Bertz CT molecular complexity index is 1350. The first-order chi connectivity index (χ1) is 17.1. The number of halogens is 1. The van der Waals surface area contributed by atoms with Gasteiger partial charge in [0.05, 0.1) is 10.6 Å². The number of nitrogens with one attached hydrogen (secondary N) is 2. The molecule has 0 saturated heterocycles. The maximum atomic E-state index is 14.6. The van der Waals surface area contributed by atoms with Crippen molar-refractivity contribution in [2.45, 2.75) is 38.8 Å². The number of hydrogen-bond acceptors (Lipinski definition) is 5. The van der Waals surface area contributed by atoms with Crippen LogP contribution in [-0.2, 0) is 19.5 Å². The van der Waals surface area contributed by atoms with E-state index in [2.05, 4.69) is 25.4 Å². The lowest BCUT2D eigenvalue weighted by Gasteiger charge is -2.11. The van der Waals surface area contributed by atoms with Crippen LogP contribution in [0.25, 0.3) is 11.4 Å². The normalized spacial score (nSPS) is 13.1. The van der Waals surface area contributed by atoms with E-state index in [9.17, 15) is 14.0 Å². The molecule has 178 valence electrons. The third-order valence-electron chi connectivity index (χ3n) is 6.00. The predicted octanol–water partition coefficient (Wildman–Crippen LogP) is 5.05. The van der Waals surface area contributed by atoms with Gasteiger partial charge < -0.3 is 15.2 Å². The van der Waals surface area contributed by atoms with Gasteiger partial charge in [-0.1, -0.05) is 24.6 Å². The predicted molar refractivity (Wildman–Crippen MR) is 133 cm³/mol. The van der Waals surface area contributed by atoms with Crippen molar-refractivity contribution in [3.8, 4) is 11.4 Å². The fourth-order valence-corrected chi connectivity index (χ4v) is 4.74. The second-order valence-electron chi connectivity index (χ2n) is 8.41. The summed E-state index contributed by atoms with van der Waals surface area (Å²) in [7, 11) is 0. The molecular weight excluding hydrogens is 465 g/mol. The number of carbonyl (C=O) groups excluding carboxylic acids is 2. The molecule has 0 saturated carbocycles. The molecule has 4 aromatic rings. The van der Waals surface area contributed by atoms with E-state index in [-0.39, 0.29) is 11.6 Å². The van der Waals surface area contributed by atoms with Crippen LogP contribution >= 0.6 is 11.3 Å². The first-order valence-electron chi connectivity index (χ1n) is 11.5. The molecule has 1 aliphatic rings. The highest BCUT2D eigenvalue weighted by atomic mass is 32.1. The van der Waals surface area contributed by atoms with E-state index >= 15 is 0 Å². The number of benzene rings is 2. The molecule has 2 aromatic carbocycles. The monoisotopic (exact) mass is 489 g/mol. The van der Waals surface area contributed by atoms with Crippen LogP contribution in [-0.4, -0.2) is 26.6 Å². The smallest absolute Gasteiger partial charge is 0.261 e. The summed E-state index contributed by atoms with van der Waals surface area (Å²) >= 11 is 1.38. The Hall–Kier alpha value is -3.85. The minimum atomic E-state index is -0.523. The van der Waals surface area contributed by atoms with Crippen molar-refractivity contribution >= 4 is 28.8 Å². The lowest BCUT2D eigenvalue weighted by Crippen LogP contribution is -2.21. The van der Waals surface area contributed by atoms with E-state index in [0.717, 1.165) is 43.6 Å².